The van der Waals surface area contributed by atoms with Crippen LogP contribution in [0.2, 0.25) is 0 Å². The standard InChI is InChI=1S/C22H20N4O3/c1-4-14-15-9-7-8-12-18(15)29-20(14)13(2)23-24-21(27)19-16-10-5-6-11-17(16)22(28)26(3)25-19/h5-12H,4H2,1-3H3,(H,24,27)/b23-13-. The van der Waals surface area contributed by atoms with Crippen LogP contribution in [0.1, 0.15) is 35.7 Å². The summed E-state index contributed by atoms with van der Waals surface area (Å²) in [6.45, 7) is 3.83. The van der Waals surface area contributed by atoms with Gasteiger partial charge in [-0.25, -0.2) is 10.1 Å². The van der Waals surface area contributed by atoms with Gasteiger partial charge in [-0.3, -0.25) is 9.59 Å². The number of aryl methyl sites for hydroxylation is 2. The van der Waals surface area contributed by atoms with Gasteiger partial charge in [0, 0.05) is 23.4 Å². The van der Waals surface area contributed by atoms with Crippen LogP contribution in [0.15, 0.2) is 62.8 Å². The predicted molar refractivity (Wildman–Crippen MR) is 112 cm³/mol. The molecule has 4 rings (SSSR count). The molecule has 0 radical (unpaired) electrons. The van der Waals surface area contributed by atoms with Gasteiger partial charge < -0.3 is 4.42 Å². The normalized spacial score (nSPS) is 11.9. The number of fused-ring (bicyclic) bond motifs is 2. The Kier molecular flexibility index (Phi) is 4.72. The van der Waals surface area contributed by atoms with Crippen molar-refractivity contribution in [2.75, 3.05) is 0 Å². The monoisotopic (exact) mass is 388 g/mol. The lowest BCUT2D eigenvalue weighted by Gasteiger charge is -2.07. The zero-order valence-corrected chi connectivity index (χ0v) is 16.4. The van der Waals surface area contributed by atoms with Gasteiger partial charge in [0.1, 0.15) is 11.3 Å². The maximum atomic E-state index is 12.8. The fourth-order valence-electron chi connectivity index (χ4n) is 3.45. The number of hydrogen-bond donors (Lipinski definition) is 1. The van der Waals surface area contributed by atoms with E-state index in [-0.39, 0.29) is 11.3 Å². The highest BCUT2D eigenvalue weighted by molar-refractivity contribution is 6.06. The molecule has 0 aliphatic heterocycles. The third-order valence-electron chi connectivity index (χ3n) is 4.88. The van der Waals surface area contributed by atoms with Gasteiger partial charge in [0.25, 0.3) is 11.5 Å². The van der Waals surface area contributed by atoms with Crippen LogP contribution in [0, 0.1) is 0 Å². The summed E-state index contributed by atoms with van der Waals surface area (Å²) in [6, 6.07) is 14.7. The van der Waals surface area contributed by atoms with Crippen LogP contribution in [0.5, 0.6) is 0 Å². The molecule has 0 bridgehead atoms. The van der Waals surface area contributed by atoms with Gasteiger partial charge >= 0.3 is 0 Å². The van der Waals surface area contributed by atoms with E-state index < -0.39 is 5.91 Å². The average molecular weight is 388 g/mol. The molecule has 2 aromatic heterocycles. The number of rotatable bonds is 4. The largest absolute Gasteiger partial charge is 0.454 e. The lowest BCUT2D eigenvalue weighted by molar-refractivity contribution is 0.0949. The molecule has 0 fully saturated rings. The highest BCUT2D eigenvalue weighted by Crippen LogP contribution is 2.26. The molecule has 0 unspecified atom stereocenters. The van der Waals surface area contributed by atoms with Crippen molar-refractivity contribution in [3.63, 3.8) is 0 Å². The fourth-order valence-corrected chi connectivity index (χ4v) is 3.45. The van der Waals surface area contributed by atoms with Crippen LogP contribution >= 0.6 is 0 Å². The van der Waals surface area contributed by atoms with Crippen LogP contribution < -0.4 is 11.0 Å². The molecule has 146 valence electrons. The molecular weight excluding hydrogens is 368 g/mol. The zero-order valence-electron chi connectivity index (χ0n) is 16.4. The second kappa shape index (κ2) is 7.35. The van der Waals surface area contributed by atoms with E-state index in [9.17, 15) is 9.59 Å². The van der Waals surface area contributed by atoms with Crippen LogP contribution in [0.25, 0.3) is 21.7 Å². The highest BCUT2D eigenvalue weighted by Gasteiger charge is 2.17. The summed E-state index contributed by atoms with van der Waals surface area (Å²) in [5.41, 5.74) is 4.81. The average Bonchev–Trinajstić information content (AvgIpc) is 3.13. The van der Waals surface area contributed by atoms with Crippen LogP contribution in [-0.2, 0) is 13.5 Å². The van der Waals surface area contributed by atoms with Gasteiger partial charge in [-0.15, -0.1) is 0 Å². The predicted octanol–water partition coefficient (Wildman–Crippen LogP) is 3.40. The molecule has 7 nitrogen and oxygen atoms in total. The number of nitrogens with zero attached hydrogens (tertiary/aromatic N) is 3. The zero-order chi connectivity index (χ0) is 20.5. The maximum Gasteiger partial charge on any atom is 0.292 e. The van der Waals surface area contributed by atoms with Crippen LogP contribution in [-0.4, -0.2) is 21.4 Å². The van der Waals surface area contributed by atoms with E-state index >= 15 is 0 Å². The molecule has 1 N–H and O–H groups in total. The van der Waals surface area contributed by atoms with Gasteiger partial charge in [-0.1, -0.05) is 43.3 Å². The number of aromatic nitrogens is 2. The maximum absolute atomic E-state index is 12.8. The summed E-state index contributed by atoms with van der Waals surface area (Å²) >= 11 is 0. The number of nitrogens with one attached hydrogen (secondary N) is 1. The number of carbonyl (C=O) groups excluding carboxylic acids is 1. The quantitative estimate of drug-likeness (QED) is 0.429. The molecule has 0 aliphatic carbocycles. The number of carbonyl (C=O) groups is 1. The number of para-hydroxylation sites is 1. The van der Waals surface area contributed by atoms with Gasteiger partial charge in [0.15, 0.2) is 11.5 Å². The Morgan fingerprint density at radius 2 is 1.76 bits per heavy atom. The lowest BCUT2D eigenvalue weighted by Crippen LogP contribution is -2.27. The lowest BCUT2D eigenvalue weighted by atomic mass is 10.1. The summed E-state index contributed by atoms with van der Waals surface area (Å²) in [6.07, 6.45) is 0.778. The molecule has 29 heavy (non-hydrogen) atoms. The van der Waals surface area contributed by atoms with Gasteiger partial charge in [-0.05, 0) is 25.5 Å². The Morgan fingerprint density at radius 3 is 2.48 bits per heavy atom. The number of benzene rings is 2. The molecule has 0 spiro atoms. The molecule has 2 heterocycles. The van der Waals surface area contributed by atoms with Crippen molar-refractivity contribution in [3.05, 3.63) is 75.9 Å². The van der Waals surface area contributed by atoms with Crippen molar-refractivity contribution in [3.8, 4) is 0 Å². The van der Waals surface area contributed by atoms with E-state index in [2.05, 4.69) is 15.6 Å². The van der Waals surface area contributed by atoms with Crippen molar-refractivity contribution in [1.82, 2.24) is 15.2 Å². The summed E-state index contributed by atoms with van der Waals surface area (Å²) in [5.74, 6) is 0.151. The Balaban J connectivity index is 1.70. The number of hydrazone groups is 1. The smallest absolute Gasteiger partial charge is 0.292 e. The summed E-state index contributed by atoms with van der Waals surface area (Å²) in [5, 5.41) is 10.3. The molecule has 4 aromatic rings. The first kappa shape index (κ1) is 18.6. The Bertz CT molecular complexity index is 1330. The van der Waals surface area contributed by atoms with E-state index in [4.69, 9.17) is 4.42 Å². The third kappa shape index (κ3) is 3.20. The van der Waals surface area contributed by atoms with Crippen molar-refractivity contribution < 1.29 is 9.21 Å². The number of amides is 1. The number of furan rings is 1. The van der Waals surface area contributed by atoms with Crippen LogP contribution in [0.3, 0.4) is 0 Å². The molecule has 7 heteroatoms. The second-order valence-corrected chi connectivity index (χ2v) is 6.72. The summed E-state index contributed by atoms with van der Waals surface area (Å²) in [7, 11) is 1.52. The molecule has 1 amide bonds. The second-order valence-electron chi connectivity index (χ2n) is 6.72. The molecule has 0 aliphatic rings. The minimum absolute atomic E-state index is 0.138. The fraction of sp³-hybridized carbons (Fsp3) is 0.182. The third-order valence-corrected chi connectivity index (χ3v) is 4.88. The number of hydrogen-bond acceptors (Lipinski definition) is 5. The van der Waals surface area contributed by atoms with E-state index in [1.165, 1.54) is 7.05 Å². The van der Waals surface area contributed by atoms with Crippen molar-refractivity contribution in [2.45, 2.75) is 20.3 Å². The van der Waals surface area contributed by atoms with Gasteiger partial charge in [0.05, 0.1) is 5.39 Å². The Morgan fingerprint density at radius 1 is 1.10 bits per heavy atom. The SMILES string of the molecule is CCc1c(/C(C)=N\NC(=O)c2nn(C)c(=O)c3ccccc23)oc2ccccc12. The highest BCUT2D eigenvalue weighted by atomic mass is 16.3. The first-order valence-electron chi connectivity index (χ1n) is 9.32. The van der Waals surface area contributed by atoms with Gasteiger partial charge in [0.2, 0.25) is 0 Å². The van der Waals surface area contributed by atoms with E-state index in [1.807, 2.05) is 31.2 Å². The molecule has 0 atom stereocenters. The van der Waals surface area contributed by atoms with Crippen LogP contribution in [0.4, 0.5) is 0 Å². The van der Waals surface area contributed by atoms with E-state index in [1.54, 1.807) is 31.2 Å². The van der Waals surface area contributed by atoms with Gasteiger partial charge in [-0.2, -0.15) is 10.2 Å². The first-order chi connectivity index (χ1) is 14.0. The molecule has 2 aromatic carbocycles. The van der Waals surface area contributed by atoms with E-state index in [0.29, 0.717) is 22.2 Å². The minimum Gasteiger partial charge on any atom is -0.454 e. The summed E-state index contributed by atoms with van der Waals surface area (Å²) in [4.78, 5) is 25.0. The van der Waals surface area contributed by atoms with Crippen molar-refractivity contribution in [1.29, 1.82) is 0 Å². The molecule has 0 saturated heterocycles. The Hall–Kier alpha value is -3.74. The molecular formula is C22H20N4O3. The first-order valence-corrected chi connectivity index (χ1v) is 9.32. The topological polar surface area (TPSA) is 89.5 Å². The summed E-state index contributed by atoms with van der Waals surface area (Å²) < 4.78 is 7.11. The molecule has 0 saturated carbocycles. The minimum atomic E-state index is -0.495. The van der Waals surface area contributed by atoms with Crippen molar-refractivity contribution >= 4 is 33.4 Å². The Labute approximate surface area is 166 Å². The van der Waals surface area contributed by atoms with E-state index in [0.717, 1.165) is 27.6 Å². The van der Waals surface area contributed by atoms with Crippen molar-refractivity contribution in [2.24, 2.45) is 12.1 Å².